The number of carbonyl (C=O) groups excluding carboxylic acids is 2. The third-order valence-electron chi connectivity index (χ3n) is 8.39. The number of halogens is 3. The van der Waals surface area contributed by atoms with Gasteiger partial charge in [-0.1, -0.05) is 27.5 Å². The van der Waals surface area contributed by atoms with Crippen LogP contribution >= 0.6 is 43.5 Å². The minimum atomic E-state index is 0.00395. The number of aromatic nitrogens is 1. The molecule has 3 aliphatic rings. The maximum atomic E-state index is 13.2. The van der Waals surface area contributed by atoms with Crippen LogP contribution in [-0.2, 0) is 22.4 Å². The number of terminal acetylenes is 1. The SMILES string of the molecule is C#C.NCC(=O)N1CCC(CC(=O)N2CCC(C3c4ncc(Br)cc4CCc4cc(Cl)cc(Br)c43)CC2)CC1. The van der Waals surface area contributed by atoms with E-state index >= 15 is 0 Å². The van der Waals surface area contributed by atoms with Crippen molar-refractivity contribution in [3.8, 4) is 12.8 Å². The van der Waals surface area contributed by atoms with E-state index in [1.807, 2.05) is 17.2 Å². The smallest absolute Gasteiger partial charge is 0.236 e. The molecule has 1 atom stereocenters. The van der Waals surface area contributed by atoms with Crippen LogP contribution in [0.1, 0.15) is 60.4 Å². The van der Waals surface area contributed by atoms with Crippen molar-refractivity contribution in [2.45, 2.75) is 50.9 Å². The van der Waals surface area contributed by atoms with E-state index in [4.69, 9.17) is 22.3 Å². The monoisotopic (exact) mass is 676 g/mol. The Hall–Kier alpha value is -1.92. The summed E-state index contributed by atoms with van der Waals surface area (Å²) in [5.74, 6) is 1.17. The molecule has 2 aliphatic heterocycles. The van der Waals surface area contributed by atoms with E-state index in [2.05, 4.69) is 61.7 Å². The lowest BCUT2D eigenvalue weighted by atomic mass is 9.76. The predicted molar refractivity (Wildman–Crippen MR) is 163 cm³/mol. The molecule has 208 valence electrons. The van der Waals surface area contributed by atoms with Crippen molar-refractivity contribution in [3.05, 3.63) is 60.7 Å². The van der Waals surface area contributed by atoms with Gasteiger partial charge in [-0.05, 0) is 101 Å². The number of piperidine rings is 2. The molecule has 0 spiro atoms. The predicted octanol–water partition coefficient (Wildman–Crippen LogP) is 5.57. The van der Waals surface area contributed by atoms with Gasteiger partial charge >= 0.3 is 0 Å². The molecule has 2 saturated heterocycles. The van der Waals surface area contributed by atoms with E-state index < -0.39 is 0 Å². The quantitative estimate of drug-likeness (QED) is 0.430. The lowest BCUT2D eigenvalue weighted by molar-refractivity contribution is -0.134. The Balaban J connectivity index is 0.00000172. The van der Waals surface area contributed by atoms with Gasteiger partial charge in [0, 0.05) is 58.7 Å². The minimum absolute atomic E-state index is 0.00395. The summed E-state index contributed by atoms with van der Waals surface area (Å²) in [6, 6.07) is 6.32. The number of nitrogens with zero attached hydrogens (tertiary/aromatic N) is 3. The molecule has 1 aromatic heterocycles. The largest absolute Gasteiger partial charge is 0.343 e. The summed E-state index contributed by atoms with van der Waals surface area (Å²) in [7, 11) is 0. The molecule has 2 aromatic rings. The summed E-state index contributed by atoms with van der Waals surface area (Å²) in [4.78, 5) is 33.8. The number of benzene rings is 1. The molecule has 2 amide bonds. The van der Waals surface area contributed by atoms with Crippen molar-refractivity contribution in [3.63, 3.8) is 0 Å². The first-order chi connectivity index (χ1) is 18.8. The Morgan fingerprint density at radius 2 is 1.56 bits per heavy atom. The fourth-order valence-corrected chi connectivity index (χ4v) is 7.90. The molecule has 1 unspecified atom stereocenters. The summed E-state index contributed by atoms with van der Waals surface area (Å²) in [5.41, 5.74) is 10.5. The average Bonchev–Trinajstić information content (AvgIpc) is 3.11. The molecule has 0 bridgehead atoms. The first-order valence-electron chi connectivity index (χ1n) is 13.5. The van der Waals surface area contributed by atoms with Crippen LogP contribution in [0.4, 0.5) is 0 Å². The summed E-state index contributed by atoms with van der Waals surface area (Å²) in [6.45, 7) is 3.02. The first-order valence-corrected chi connectivity index (χ1v) is 15.5. The van der Waals surface area contributed by atoms with E-state index in [0.29, 0.717) is 31.3 Å². The molecule has 1 aromatic carbocycles. The van der Waals surface area contributed by atoms with Crippen molar-refractivity contribution in [1.29, 1.82) is 0 Å². The Morgan fingerprint density at radius 1 is 0.949 bits per heavy atom. The summed E-state index contributed by atoms with van der Waals surface area (Å²) < 4.78 is 2.06. The Labute approximate surface area is 253 Å². The van der Waals surface area contributed by atoms with Crippen LogP contribution in [0.3, 0.4) is 0 Å². The molecule has 3 heterocycles. The molecule has 1 aliphatic carbocycles. The van der Waals surface area contributed by atoms with Gasteiger partial charge in [-0.25, -0.2) is 0 Å². The molecule has 5 rings (SSSR count). The second kappa shape index (κ2) is 13.6. The highest BCUT2D eigenvalue weighted by Crippen LogP contribution is 2.46. The Bertz CT molecular complexity index is 1220. The number of pyridine rings is 1. The highest BCUT2D eigenvalue weighted by molar-refractivity contribution is 9.10. The van der Waals surface area contributed by atoms with Gasteiger partial charge in [0.2, 0.25) is 11.8 Å². The van der Waals surface area contributed by atoms with E-state index in [-0.39, 0.29) is 24.3 Å². The minimum Gasteiger partial charge on any atom is -0.343 e. The fraction of sp³-hybridized carbons (Fsp3) is 0.500. The number of hydrogen-bond acceptors (Lipinski definition) is 4. The molecule has 0 radical (unpaired) electrons. The Kier molecular flexibility index (Phi) is 10.5. The van der Waals surface area contributed by atoms with Crippen molar-refractivity contribution in [1.82, 2.24) is 14.8 Å². The van der Waals surface area contributed by atoms with Crippen molar-refractivity contribution < 1.29 is 9.59 Å². The lowest BCUT2D eigenvalue weighted by Crippen LogP contribution is -2.44. The topological polar surface area (TPSA) is 79.5 Å². The molecular weight excluding hydrogens is 644 g/mol. The number of likely N-dealkylation sites (tertiary alicyclic amines) is 2. The number of carbonyl (C=O) groups is 2. The number of hydrogen-bond donors (Lipinski definition) is 1. The van der Waals surface area contributed by atoms with Gasteiger partial charge < -0.3 is 15.5 Å². The highest BCUT2D eigenvalue weighted by atomic mass is 79.9. The van der Waals surface area contributed by atoms with Crippen LogP contribution in [-0.4, -0.2) is 59.3 Å². The third-order valence-corrected chi connectivity index (χ3v) is 9.69. The molecule has 6 nitrogen and oxygen atoms in total. The average molecular weight is 679 g/mol. The van der Waals surface area contributed by atoms with Crippen LogP contribution < -0.4 is 5.73 Å². The zero-order chi connectivity index (χ0) is 28.1. The molecular formula is C30H35Br2ClN4O2. The lowest BCUT2D eigenvalue weighted by Gasteiger charge is -2.38. The van der Waals surface area contributed by atoms with E-state index in [9.17, 15) is 9.59 Å². The van der Waals surface area contributed by atoms with Crippen LogP contribution in [0.2, 0.25) is 5.02 Å². The number of fused-ring (bicyclic) bond motifs is 2. The van der Waals surface area contributed by atoms with Gasteiger partial charge in [-0.3, -0.25) is 14.6 Å². The number of amides is 2. The van der Waals surface area contributed by atoms with Crippen molar-refractivity contribution in [2.24, 2.45) is 17.6 Å². The number of rotatable bonds is 4. The maximum Gasteiger partial charge on any atom is 0.236 e. The Morgan fingerprint density at radius 3 is 2.23 bits per heavy atom. The van der Waals surface area contributed by atoms with E-state index in [0.717, 1.165) is 71.3 Å². The van der Waals surface area contributed by atoms with Gasteiger partial charge in [0.25, 0.3) is 0 Å². The summed E-state index contributed by atoms with van der Waals surface area (Å²) in [5, 5.41) is 0.753. The van der Waals surface area contributed by atoms with E-state index in [1.54, 1.807) is 0 Å². The molecule has 9 heteroatoms. The van der Waals surface area contributed by atoms with Gasteiger partial charge in [0.1, 0.15) is 0 Å². The summed E-state index contributed by atoms with van der Waals surface area (Å²) >= 11 is 13.9. The van der Waals surface area contributed by atoms with Crippen molar-refractivity contribution in [2.75, 3.05) is 32.7 Å². The van der Waals surface area contributed by atoms with Crippen LogP contribution in [0.25, 0.3) is 0 Å². The maximum absolute atomic E-state index is 13.2. The molecule has 2 N–H and O–H groups in total. The van der Waals surface area contributed by atoms with Crippen LogP contribution in [0, 0.1) is 24.7 Å². The first kappa shape index (κ1) is 30.0. The molecule has 2 fully saturated rings. The molecule has 0 saturated carbocycles. The van der Waals surface area contributed by atoms with Gasteiger partial charge in [-0.15, -0.1) is 12.8 Å². The zero-order valence-electron chi connectivity index (χ0n) is 22.1. The van der Waals surface area contributed by atoms with E-state index in [1.165, 1.54) is 16.7 Å². The third kappa shape index (κ3) is 6.87. The highest BCUT2D eigenvalue weighted by Gasteiger charge is 2.36. The zero-order valence-corrected chi connectivity index (χ0v) is 26.0. The van der Waals surface area contributed by atoms with Crippen LogP contribution in [0.5, 0.6) is 0 Å². The van der Waals surface area contributed by atoms with Crippen molar-refractivity contribution >= 4 is 55.3 Å². The molecule has 39 heavy (non-hydrogen) atoms. The second-order valence-electron chi connectivity index (χ2n) is 10.6. The number of aryl methyl sites for hydroxylation is 2. The number of nitrogens with two attached hydrogens (primary N) is 1. The van der Waals surface area contributed by atoms with Gasteiger partial charge in [-0.2, -0.15) is 0 Å². The van der Waals surface area contributed by atoms with Gasteiger partial charge in [0.15, 0.2) is 0 Å². The second-order valence-corrected chi connectivity index (χ2v) is 12.8. The fourth-order valence-electron chi connectivity index (χ4n) is 6.40. The summed E-state index contributed by atoms with van der Waals surface area (Å²) in [6.07, 6.45) is 16.0. The standard InChI is InChI=1S/C28H33Br2ClN4O2.C2H2/c29-21-12-20-2-1-19-13-22(31)14-23(30)26(19)27(28(20)33-16-21)18-5-9-34(10-6-18)24(36)11-17-3-7-35(8-4-17)25(37)15-32;1-2/h12-14,16-18,27H,1-11,15,32H2;1-2H. The van der Waals surface area contributed by atoms with Gasteiger partial charge in [0.05, 0.1) is 12.2 Å². The normalized spacial score (nSPS) is 19.8. The van der Waals surface area contributed by atoms with Crippen LogP contribution in [0.15, 0.2) is 33.3 Å².